The molecule has 0 bridgehead atoms. The van der Waals surface area contributed by atoms with Crippen LogP contribution in [-0.2, 0) is 12.8 Å². The average molecular weight is 244 g/mol. The first-order chi connectivity index (χ1) is 8.67. The van der Waals surface area contributed by atoms with E-state index in [0.29, 0.717) is 5.58 Å². The quantitative estimate of drug-likeness (QED) is 0.813. The highest BCUT2D eigenvalue weighted by Crippen LogP contribution is 2.19. The first-order valence-corrected chi connectivity index (χ1v) is 6.72. The Balaban J connectivity index is 2.72. The molecule has 0 spiro atoms. The van der Waals surface area contributed by atoms with Gasteiger partial charge in [-0.3, -0.25) is 4.79 Å². The minimum absolute atomic E-state index is 0.158. The topological polar surface area (TPSA) is 30.2 Å². The lowest BCUT2D eigenvalue weighted by Crippen LogP contribution is -2.13. The number of hydrogen-bond acceptors (Lipinski definition) is 2. The van der Waals surface area contributed by atoms with Gasteiger partial charge in [-0.15, -0.1) is 0 Å². The van der Waals surface area contributed by atoms with E-state index in [1.807, 2.05) is 25.1 Å². The molecule has 0 amide bonds. The second-order valence-corrected chi connectivity index (χ2v) is 4.83. The van der Waals surface area contributed by atoms with E-state index in [0.717, 1.165) is 48.0 Å². The molecule has 2 rings (SSSR count). The van der Waals surface area contributed by atoms with Crippen LogP contribution in [-0.4, -0.2) is 0 Å². The van der Waals surface area contributed by atoms with Crippen molar-refractivity contribution < 1.29 is 4.42 Å². The zero-order valence-electron chi connectivity index (χ0n) is 11.4. The fourth-order valence-corrected chi connectivity index (χ4v) is 2.33. The summed E-state index contributed by atoms with van der Waals surface area (Å²) in [7, 11) is 0. The van der Waals surface area contributed by atoms with E-state index in [4.69, 9.17) is 4.42 Å². The van der Waals surface area contributed by atoms with Gasteiger partial charge in [0.2, 0.25) is 0 Å². The van der Waals surface area contributed by atoms with Crippen LogP contribution in [0.2, 0.25) is 0 Å². The highest BCUT2D eigenvalue weighted by molar-refractivity contribution is 5.78. The highest BCUT2D eigenvalue weighted by atomic mass is 16.3. The summed E-state index contributed by atoms with van der Waals surface area (Å²) in [5.74, 6) is 0.876. The van der Waals surface area contributed by atoms with Crippen LogP contribution in [0.1, 0.15) is 43.6 Å². The molecule has 0 unspecified atom stereocenters. The number of benzene rings is 1. The largest absolute Gasteiger partial charge is 0.461 e. The SMILES string of the molecule is CCCc1oc2ccc(C)cc2c(=O)c1CCC. The Labute approximate surface area is 108 Å². The van der Waals surface area contributed by atoms with Crippen LogP contribution in [0, 0.1) is 6.92 Å². The molecule has 0 saturated carbocycles. The molecule has 0 aliphatic rings. The molecule has 2 heteroatoms. The van der Waals surface area contributed by atoms with Crippen LogP contribution in [0.5, 0.6) is 0 Å². The maximum atomic E-state index is 12.5. The Morgan fingerprint density at radius 2 is 1.83 bits per heavy atom. The molecule has 0 saturated heterocycles. The van der Waals surface area contributed by atoms with Gasteiger partial charge in [-0.1, -0.05) is 31.9 Å². The summed E-state index contributed by atoms with van der Waals surface area (Å²) < 4.78 is 5.92. The molecule has 0 aliphatic heterocycles. The van der Waals surface area contributed by atoms with Crippen LogP contribution in [0.3, 0.4) is 0 Å². The molecule has 2 nitrogen and oxygen atoms in total. The summed E-state index contributed by atoms with van der Waals surface area (Å²) in [5.41, 5.74) is 2.84. The molecule has 1 heterocycles. The Morgan fingerprint density at radius 1 is 1.11 bits per heavy atom. The lowest BCUT2D eigenvalue weighted by Gasteiger charge is -2.08. The van der Waals surface area contributed by atoms with E-state index in [2.05, 4.69) is 13.8 Å². The summed E-state index contributed by atoms with van der Waals surface area (Å²) in [5, 5.41) is 0.721. The molecule has 0 aliphatic carbocycles. The Kier molecular flexibility index (Phi) is 3.85. The maximum absolute atomic E-state index is 12.5. The normalized spacial score (nSPS) is 11.1. The van der Waals surface area contributed by atoms with Gasteiger partial charge in [-0.2, -0.15) is 0 Å². The fraction of sp³-hybridized carbons (Fsp3) is 0.438. The predicted molar refractivity (Wildman–Crippen MR) is 75.2 cm³/mol. The lowest BCUT2D eigenvalue weighted by molar-refractivity contribution is 0.519. The third kappa shape index (κ3) is 2.33. The molecule has 1 aromatic heterocycles. The van der Waals surface area contributed by atoms with Crippen molar-refractivity contribution in [3.8, 4) is 0 Å². The van der Waals surface area contributed by atoms with Crippen molar-refractivity contribution in [2.45, 2.75) is 46.5 Å². The minimum Gasteiger partial charge on any atom is -0.461 e. The van der Waals surface area contributed by atoms with Gasteiger partial charge >= 0.3 is 0 Å². The summed E-state index contributed by atoms with van der Waals surface area (Å²) in [4.78, 5) is 12.5. The van der Waals surface area contributed by atoms with Crippen LogP contribution in [0.4, 0.5) is 0 Å². The molecule has 1 aromatic carbocycles. The summed E-state index contributed by atoms with van der Waals surface area (Å²) >= 11 is 0. The fourth-order valence-electron chi connectivity index (χ4n) is 2.33. The van der Waals surface area contributed by atoms with Crippen LogP contribution < -0.4 is 5.43 Å². The van der Waals surface area contributed by atoms with Gasteiger partial charge in [0.05, 0.1) is 5.39 Å². The highest BCUT2D eigenvalue weighted by Gasteiger charge is 2.13. The van der Waals surface area contributed by atoms with Crippen LogP contribution >= 0.6 is 0 Å². The van der Waals surface area contributed by atoms with Crippen LogP contribution in [0.15, 0.2) is 27.4 Å². The number of aryl methyl sites for hydroxylation is 2. The van der Waals surface area contributed by atoms with Crippen molar-refractivity contribution in [2.75, 3.05) is 0 Å². The van der Waals surface area contributed by atoms with Gasteiger partial charge in [0.1, 0.15) is 11.3 Å². The molecular weight excluding hydrogens is 224 g/mol. The predicted octanol–water partition coefficient (Wildman–Crippen LogP) is 4.01. The first-order valence-electron chi connectivity index (χ1n) is 6.72. The minimum atomic E-state index is 0.158. The van der Waals surface area contributed by atoms with Crippen molar-refractivity contribution in [1.29, 1.82) is 0 Å². The number of hydrogen-bond donors (Lipinski definition) is 0. The maximum Gasteiger partial charge on any atom is 0.196 e. The summed E-state index contributed by atoms with van der Waals surface area (Å²) in [6, 6.07) is 5.82. The number of fused-ring (bicyclic) bond motifs is 1. The van der Waals surface area contributed by atoms with E-state index in [1.54, 1.807) is 0 Å². The van der Waals surface area contributed by atoms with Crippen LogP contribution in [0.25, 0.3) is 11.0 Å². The van der Waals surface area contributed by atoms with Crippen molar-refractivity contribution in [3.05, 3.63) is 45.3 Å². The second-order valence-electron chi connectivity index (χ2n) is 4.83. The van der Waals surface area contributed by atoms with E-state index in [9.17, 15) is 4.79 Å². The van der Waals surface area contributed by atoms with Gasteiger partial charge in [0, 0.05) is 12.0 Å². The van der Waals surface area contributed by atoms with Crippen molar-refractivity contribution in [1.82, 2.24) is 0 Å². The van der Waals surface area contributed by atoms with E-state index < -0.39 is 0 Å². The number of rotatable bonds is 4. The smallest absolute Gasteiger partial charge is 0.196 e. The summed E-state index contributed by atoms with van der Waals surface area (Å²) in [6.07, 6.45) is 3.62. The Hall–Kier alpha value is -1.57. The average Bonchev–Trinajstić information content (AvgIpc) is 2.35. The molecular formula is C16H20O2. The van der Waals surface area contributed by atoms with Gasteiger partial charge in [0.15, 0.2) is 5.43 Å². The van der Waals surface area contributed by atoms with Crippen molar-refractivity contribution in [3.63, 3.8) is 0 Å². The summed E-state index contributed by atoms with van der Waals surface area (Å²) in [6.45, 7) is 6.20. The standard InChI is InChI=1S/C16H20O2/c1-4-6-12-14(7-5-2)18-15-9-8-11(3)10-13(15)16(12)17/h8-10H,4-7H2,1-3H3. The van der Waals surface area contributed by atoms with E-state index in [-0.39, 0.29) is 5.43 Å². The van der Waals surface area contributed by atoms with Gasteiger partial charge in [-0.25, -0.2) is 0 Å². The second kappa shape index (κ2) is 5.38. The molecule has 18 heavy (non-hydrogen) atoms. The molecule has 0 fully saturated rings. The van der Waals surface area contributed by atoms with Gasteiger partial charge < -0.3 is 4.42 Å². The third-order valence-electron chi connectivity index (χ3n) is 3.20. The molecule has 0 radical (unpaired) electrons. The van der Waals surface area contributed by atoms with Gasteiger partial charge in [0.25, 0.3) is 0 Å². The van der Waals surface area contributed by atoms with E-state index in [1.165, 1.54) is 0 Å². The first kappa shape index (κ1) is 12.9. The zero-order valence-corrected chi connectivity index (χ0v) is 11.4. The van der Waals surface area contributed by atoms with Gasteiger partial charge in [-0.05, 0) is 31.9 Å². The monoisotopic (exact) mass is 244 g/mol. The zero-order chi connectivity index (χ0) is 13.1. The molecule has 2 aromatic rings. The third-order valence-corrected chi connectivity index (χ3v) is 3.20. The molecule has 0 atom stereocenters. The Morgan fingerprint density at radius 3 is 2.50 bits per heavy atom. The molecule has 0 N–H and O–H groups in total. The van der Waals surface area contributed by atoms with Crippen molar-refractivity contribution in [2.24, 2.45) is 0 Å². The lowest BCUT2D eigenvalue weighted by atomic mass is 10.0. The Bertz CT molecular complexity index is 608. The van der Waals surface area contributed by atoms with Crippen molar-refractivity contribution >= 4 is 11.0 Å². The van der Waals surface area contributed by atoms with E-state index >= 15 is 0 Å². The molecule has 96 valence electrons.